The van der Waals surface area contributed by atoms with Crippen LogP contribution in [0.4, 0.5) is 0 Å². The van der Waals surface area contributed by atoms with E-state index < -0.39 is 0 Å². The van der Waals surface area contributed by atoms with E-state index in [0.717, 1.165) is 62.3 Å². The maximum Gasteiger partial charge on any atom is 0.191 e. The molecule has 1 aromatic heterocycles. The van der Waals surface area contributed by atoms with Gasteiger partial charge < -0.3 is 19.8 Å². The van der Waals surface area contributed by atoms with Crippen molar-refractivity contribution in [2.45, 2.75) is 69.4 Å². The molecular formula is C22H35N3O2S. The smallest absolute Gasteiger partial charge is 0.191 e. The minimum Gasteiger partial charge on any atom is -0.469 e. The van der Waals surface area contributed by atoms with Crippen LogP contribution in [-0.2, 0) is 11.2 Å². The third-order valence-electron chi connectivity index (χ3n) is 6.38. The molecule has 0 aromatic carbocycles. The topological polar surface area (TPSA) is 58.8 Å². The molecule has 1 aromatic rings. The van der Waals surface area contributed by atoms with Crippen LogP contribution < -0.4 is 10.6 Å². The minimum atomic E-state index is 0.100. The van der Waals surface area contributed by atoms with Crippen molar-refractivity contribution in [3.63, 3.8) is 0 Å². The van der Waals surface area contributed by atoms with Gasteiger partial charge in [-0.2, -0.15) is 11.8 Å². The summed E-state index contributed by atoms with van der Waals surface area (Å²) >= 11 is 2.03. The molecule has 0 amide bonds. The lowest BCUT2D eigenvalue weighted by molar-refractivity contribution is -0.0679. The van der Waals surface area contributed by atoms with Crippen molar-refractivity contribution in [2.75, 3.05) is 31.2 Å². The quantitative estimate of drug-likeness (QED) is 0.553. The molecule has 5 nitrogen and oxygen atoms in total. The van der Waals surface area contributed by atoms with Crippen molar-refractivity contribution < 1.29 is 9.15 Å². The molecule has 4 rings (SSSR count). The Labute approximate surface area is 173 Å². The number of guanidine groups is 1. The average molecular weight is 406 g/mol. The number of ether oxygens (including phenoxy) is 1. The van der Waals surface area contributed by atoms with Crippen molar-refractivity contribution >= 4 is 17.7 Å². The van der Waals surface area contributed by atoms with Crippen molar-refractivity contribution in [3.05, 3.63) is 24.2 Å². The van der Waals surface area contributed by atoms with Gasteiger partial charge in [-0.05, 0) is 55.9 Å². The normalized spacial score (nSPS) is 29.3. The summed E-state index contributed by atoms with van der Waals surface area (Å²) in [5.41, 5.74) is 0.100. The Hall–Kier alpha value is -1.14. The minimum absolute atomic E-state index is 0.100. The van der Waals surface area contributed by atoms with E-state index in [1.807, 2.05) is 23.9 Å². The Morgan fingerprint density at radius 1 is 1.25 bits per heavy atom. The molecular weight excluding hydrogens is 370 g/mol. The summed E-state index contributed by atoms with van der Waals surface area (Å²) in [6.07, 6.45) is 12.8. The maximum absolute atomic E-state index is 6.19. The van der Waals surface area contributed by atoms with E-state index in [9.17, 15) is 0 Å². The van der Waals surface area contributed by atoms with Gasteiger partial charge in [0.2, 0.25) is 0 Å². The number of nitrogens with zero attached hydrogens (tertiary/aromatic N) is 1. The summed E-state index contributed by atoms with van der Waals surface area (Å²) in [6.45, 7) is 2.65. The lowest BCUT2D eigenvalue weighted by atomic mass is 9.89. The van der Waals surface area contributed by atoms with Gasteiger partial charge in [0.25, 0.3) is 0 Å². The highest BCUT2D eigenvalue weighted by molar-refractivity contribution is 7.99. The first kappa shape index (κ1) is 20.1. The Morgan fingerprint density at radius 2 is 2.18 bits per heavy atom. The molecule has 0 radical (unpaired) electrons. The summed E-state index contributed by atoms with van der Waals surface area (Å²) in [7, 11) is 0. The van der Waals surface area contributed by atoms with Gasteiger partial charge in [0.15, 0.2) is 5.96 Å². The van der Waals surface area contributed by atoms with E-state index in [1.54, 1.807) is 6.26 Å². The molecule has 2 aliphatic heterocycles. The van der Waals surface area contributed by atoms with Crippen LogP contribution in [0.25, 0.3) is 0 Å². The highest BCUT2D eigenvalue weighted by Gasteiger charge is 2.40. The number of hydrogen-bond acceptors (Lipinski definition) is 4. The molecule has 3 fully saturated rings. The fourth-order valence-electron chi connectivity index (χ4n) is 4.71. The highest BCUT2D eigenvalue weighted by Crippen LogP contribution is 2.38. The van der Waals surface area contributed by atoms with E-state index >= 15 is 0 Å². The Morgan fingerprint density at radius 3 is 2.96 bits per heavy atom. The number of rotatable bonds is 6. The zero-order valence-corrected chi connectivity index (χ0v) is 17.8. The first-order valence-electron chi connectivity index (χ1n) is 11.1. The van der Waals surface area contributed by atoms with Crippen LogP contribution in [0, 0.1) is 5.92 Å². The molecule has 2 N–H and O–H groups in total. The molecule has 2 saturated heterocycles. The first-order valence-corrected chi connectivity index (χ1v) is 12.3. The van der Waals surface area contributed by atoms with Gasteiger partial charge in [-0.1, -0.05) is 19.3 Å². The maximum atomic E-state index is 6.19. The molecule has 3 heterocycles. The summed E-state index contributed by atoms with van der Waals surface area (Å²) < 4.78 is 11.7. The lowest BCUT2D eigenvalue weighted by Crippen LogP contribution is -2.52. The van der Waals surface area contributed by atoms with Gasteiger partial charge >= 0.3 is 0 Å². The van der Waals surface area contributed by atoms with Gasteiger partial charge in [-0.25, -0.2) is 0 Å². The molecule has 2 atom stereocenters. The fourth-order valence-corrected chi connectivity index (χ4v) is 6.09. The Kier molecular flexibility index (Phi) is 7.24. The molecule has 1 spiro atoms. The number of hydrogen-bond donors (Lipinski definition) is 2. The molecule has 2 unspecified atom stereocenters. The average Bonchev–Trinajstić information content (AvgIpc) is 3.39. The molecule has 1 saturated carbocycles. The third kappa shape index (κ3) is 5.69. The predicted octanol–water partition coefficient (Wildman–Crippen LogP) is 3.99. The van der Waals surface area contributed by atoms with Crippen LogP contribution in [0.2, 0.25) is 0 Å². The molecule has 3 aliphatic rings. The second-order valence-electron chi connectivity index (χ2n) is 8.62. The second-order valence-corrected chi connectivity index (χ2v) is 9.72. The number of nitrogens with one attached hydrogen (secondary N) is 2. The summed E-state index contributed by atoms with van der Waals surface area (Å²) in [6, 6.07) is 4.44. The van der Waals surface area contributed by atoms with E-state index in [4.69, 9.17) is 14.1 Å². The van der Waals surface area contributed by atoms with Crippen molar-refractivity contribution in [1.82, 2.24) is 10.6 Å². The van der Waals surface area contributed by atoms with Crippen molar-refractivity contribution in [1.29, 1.82) is 0 Å². The van der Waals surface area contributed by atoms with Crippen LogP contribution in [0.1, 0.15) is 57.1 Å². The molecule has 0 bridgehead atoms. The van der Waals surface area contributed by atoms with Crippen molar-refractivity contribution in [2.24, 2.45) is 10.9 Å². The number of aliphatic imine (C=N–C) groups is 1. The SMILES string of the molecule is c1coc(CCNC(=NCC2CCCCC2)NC2CCOC3(CCSC3)C2)c1. The summed E-state index contributed by atoms with van der Waals surface area (Å²) in [5, 5.41) is 7.30. The lowest BCUT2D eigenvalue weighted by Gasteiger charge is -2.38. The third-order valence-corrected chi connectivity index (χ3v) is 7.60. The zero-order valence-electron chi connectivity index (χ0n) is 17.0. The monoisotopic (exact) mass is 405 g/mol. The highest BCUT2D eigenvalue weighted by atomic mass is 32.2. The molecule has 156 valence electrons. The van der Waals surface area contributed by atoms with Gasteiger partial charge in [0.05, 0.1) is 11.9 Å². The number of furan rings is 1. The van der Waals surface area contributed by atoms with Gasteiger partial charge in [0.1, 0.15) is 5.76 Å². The van der Waals surface area contributed by atoms with E-state index in [-0.39, 0.29) is 5.60 Å². The summed E-state index contributed by atoms with van der Waals surface area (Å²) in [4.78, 5) is 4.99. The van der Waals surface area contributed by atoms with Crippen LogP contribution in [0.5, 0.6) is 0 Å². The van der Waals surface area contributed by atoms with E-state index in [1.165, 1.54) is 44.3 Å². The molecule has 28 heavy (non-hydrogen) atoms. The Balaban J connectivity index is 1.33. The first-order chi connectivity index (χ1) is 13.8. The van der Waals surface area contributed by atoms with Gasteiger partial charge in [0, 0.05) is 37.9 Å². The second kappa shape index (κ2) is 10.1. The van der Waals surface area contributed by atoms with Crippen LogP contribution in [-0.4, -0.2) is 48.8 Å². The molecule has 1 aliphatic carbocycles. The summed E-state index contributed by atoms with van der Waals surface area (Å²) in [5.74, 6) is 5.13. The van der Waals surface area contributed by atoms with E-state index in [2.05, 4.69) is 10.6 Å². The van der Waals surface area contributed by atoms with E-state index in [0.29, 0.717) is 6.04 Å². The standard InChI is InChI=1S/C22H35N3O2S/c1-2-5-18(6-3-1)16-24-21(23-11-8-20-7-4-12-26-20)25-19-9-13-27-22(15-19)10-14-28-17-22/h4,7,12,18-19H,1-3,5-6,8-11,13-17H2,(H2,23,24,25). The van der Waals surface area contributed by atoms with Crippen LogP contribution >= 0.6 is 11.8 Å². The fraction of sp³-hybridized carbons (Fsp3) is 0.773. The van der Waals surface area contributed by atoms with Crippen LogP contribution in [0.15, 0.2) is 27.8 Å². The van der Waals surface area contributed by atoms with Crippen molar-refractivity contribution in [3.8, 4) is 0 Å². The van der Waals surface area contributed by atoms with Gasteiger partial charge in [-0.15, -0.1) is 0 Å². The predicted molar refractivity (Wildman–Crippen MR) is 116 cm³/mol. The Bertz CT molecular complexity index is 607. The van der Waals surface area contributed by atoms with Gasteiger partial charge in [-0.3, -0.25) is 4.99 Å². The number of thioether (sulfide) groups is 1. The largest absolute Gasteiger partial charge is 0.469 e. The van der Waals surface area contributed by atoms with Crippen LogP contribution in [0.3, 0.4) is 0 Å². The molecule has 6 heteroatoms. The zero-order chi connectivity index (χ0) is 19.1.